The van der Waals surface area contributed by atoms with Gasteiger partial charge in [-0.25, -0.2) is 4.79 Å². The minimum Gasteiger partial charge on any atom is -0.445 e. The van der Waals surface area contributed by atoms with E-state index in [2.05, 4.69) is 53.4 Å². The van der Waals surface area contributed by atoms with E-state index in [1.54, 1.807) is 0 Å². The fourth-order valence-corrected chi connectivity index (χ4v) is 12.3. The van der Waals surface area contributed by atoms with Crippen LogP contribution in [0.5, 0.6) is 0 Å². The van der Waals surface area contributed by atoms with Gasteiger partial charge in [-0.05, 0) is 134 Å². The lowest BCUT2D eigenvalue weighted by molar-refractivity contribution is -0.231. The predicted molar refractivity (Wildman–Crippen MR) is 164 cm³/mol. The number of carbonyl (C=O) groups excluding carboxylic acids is 1. The van der Waals surface area contributed by atoms with Crippen molar-refractivity contribution in [2.75, 3.05) is 0 Å². The second kappa shape index (κ2) is 9.91. The molecule has 1 aromatic rings. The Kier molecular flexibility index (Phi) is 7.02. The summed E-state index contributed by atoms with van der Waals surface area (Å²) in [5.41, 5.74) is 3.70. The number of amides is 1. The van der Waals surface area contributed by atoms with Crippen LogP contribution in [-0.4, -0.2) is 12.1 Å². The van der Waals surface area contributed by atoms with Crippen LogP contribution < -0.4 is 5.32 Å². The lowest BCUT2D eigenvalue weighted by atomic mass is 9.33. The van der Waals surface area contributed by atoms with Gasteiger partial charge in [0, 0.05) is 6.04 Å². The molecule has 40 heavy (non-hydrogen) atoms. The first-order chi connectivity index (χ1) is 18.9. The Morgan fingerprint density at radius 2 is 1.60 bits per heavy atom. The first-order valence-electron chi connectivity index (χ1n) is 16.5. The number of benzene rings is 1. The van der Waals surface area contributed by atoms with E-state index in [1.807, 2.05) is 30.3 Å². The van der Waals surface area contributed by atoms with Crippen molar-refractivity contribution < 1.29 is 9.53 Å². The molecule has 0 spiro atoms. The third-order valence-electron chi connectivity index (χ3n) is 14.5. The highest BCUT2D eigenvalue weighted by molar-refractivity contribution is 5.67. The van der Waals surface area contributed by atoms with Crippen LogP contribution in [0, 0.1) is 57.2 Å². The van der Waals surface area contributed by atoms with Gasteiger partial charge < -0.3 is 10.1 Å². The molecule has 1 unspecified atom stereocenters. The van der Waals surface area contributed by atoms with Crippen LogP contribution in [0.4, 0.5) is 4.79 Å². The molecule has 5 aliphatic carbocycles. The summed E-state index contributed by atoms with van der Waals surface area (Å²) >= 11 is 0. The fourth-order valence-electron chi connectivity index (χ4n) is 12.3. The van der Waals surface area contributed by atoms with Crippen molar-refractivity contribution in [3.05, 3.63) is 48.0 Å². The summed E-state index contributed by atoms with van der Waals surface area (Å²) in [5, 5.41) is 3.34. The molecule has 1 amide bonds. The minimum atomic E-state index is -0.264. The van der Waals surface area contributed by atoms with Crippen LogP contribution >= 0.6 is 0 Å². The molecule has 3 heteroatoms. The monoisotopic (exact) mass is 545 g/mol. The average molecular weight is 546 g/mol. The van der Waals surface area contributed by atoms with Crippen LogP contribution in [0.3, 0.4) is 0 Å². The van der Waals surface area contributed by atoms with Gasteiger partial charge in [0.2, 0.25) is 0 Å². The molecule has 5 aliphatic rings. The van der Waals surface area contributed by atoms with E-state index >= 15 is 0 Å². The van der Waals surface area contributed by atoms with Crippen molar-refractivity contribution >= 4 is 6.09 Å². The maximum atomic E-state index is 12.9. The molecular formula is C37H55NO2. The Bertz CT molecular complexity index is 1130. The van der Waals surface area contributed by atoms with Crippen molar-refractivity contribution in [3.8, 4) is 0 Å². The fraction of sp³-hybridized carbons (Fsp3) is 0.757. The maximum absolute atomic E-state index is 12.9. The Labute approximate surface area is 244 Å². The van der Waals surface area contributed by atoms with Gasteiger partial charge in [0.15, 0.2) is 0 Å². The number of carbonyl (C=O) groups is 1. The predicted octanol–water partition coefficient (Wildman–Crippen LogP) is 9.57. The number of allylic oxidation sites excluding steroid dienone is 1. The van der Waals surface area contributed by atoms with Crippen molar-refractivity contribution in [1.82, 2.24) is 5.32 Å². The van der Waals surface area contributed by atoms with Crippen LogP contribution in [0.2, 0.25) is 0 Å². The Morgan fingerprint density at radius 1 is 0.875 bits per heavy atom. The Balaban J connectivity index is 1.20. The summed E-state index contributed by atoms with van der Waals surface area (Å²) in [6.07, 6.45) is 13.1. The molecular weight excluding hydrogens is 490 g/mol. The van der Waals surface area contributed by atoms with Crippen molar-refractivity contribution in [2.45, 2.75) is 118 Å². The number of hydrogen-bond donors (Lipinski definition) is 1. The van der Waals surface area contributed by atoms with Crippen LogP contribution in [0.15, 0.2) is 42.5 Å². The number of fused-ring (bicyclic) bond motifs is 7. The number of rotatable bonds is 4. The number of hydrogen-bond acceptors (Lipinski definition) is 2. The Morgan fingerprint density at radius 3 is 2.33 bits per heavy atom. The van der Waals surface area contributed by atoms with Crippen molar-refractivity contribution in [1.29, 1.82) is 0 Å². The molecule has 220 valence electrons. The molecule has 5 fully saturated rings. The molecule has 0 aromatic heterocycles. The van der Waals surface area contributed by atoms with Gasteiger partial charge in [-0.1, -0.05) is 77.1 Å². The molecule has 1 aromatic carbocycles. The third kappa shape index (κ3) is 4.14. The molecule has 0 aliphatic heterocycles. The molecule has 0 radical (unpaired) electrons. The van der Waals surface area contributed by atoms with Gasteiger partial charge in [0.25, 0.3) is 0 Å². The van der Waals surface area contributed by atoms with E-state index in [4.69, 9.17) is 4.74 Å². The zero-order chi connectivity index (χ0) is 28.5. The maximum Gasteiger partial charge on any atom is 0.407 e. The van der Waals surface area contributed by atoms with E-state index in [-0.39, 0.29) is 17.6 Å². The SMILES string of the molecule is C=C(C)[C@@H]1CC[C@@H]2CC[C@]3(C)[C@H](CC[C@@H]4[C@@]5(C)CCC(NC(=O)OCc6ccccc6)C(C)(C)[C@@H]5CC[C@]43C)[C@H]21. The second-order valence-electron chi connectivity index (χ2n) is 16.2. The largest absolute Gasteiger partial charge is 0.445 e. The first-order valence-corrected chi connectivity index (χ1v) is 16.5. The van der Waals surface area contributed by atoms with Gasteiger partial charge in [-0.15, -0.1) is 0 Å². The zero-order valence-corrected chi connectivity index (χ0v) is 26.2. The smallest absolute Gasteiger partial charge is 0.407 e. The van der Waals surface area contributed by atoms with Crippen LogP contribution in [0.1, 0.15) is 111 Å². The molecule has 0 heterocycles. The number of alkyl carbamates (subject to hydrolysis) is 1. The van der Waals surface area contributed by atoms with E-state index < -0.39 is 0 Å². The minimum absolute atomic E-state index is 0.0476. The van der Waals surface area contributed by atoms with E-state index in [0.29, 0.717) is 28.8 Å². The summed E-state index contributed by atoms with van der Waals surface area (Å²) in [4.78, 5) is 12.9. The first kappa shape index (κ1) is 28.4. The van der Waals surface area contributed by atoms with Gasteiger partial charge in [0.05, 0.1) is 0 Å². The van der Waals surface area contributed by atoms with E-state index in [9.17, 15) is 4.79 Å². The lowest BCUT2D eigenvalue weighted by Crippen LogP contribution is -2.67. The second-order valence-corrected chi connectivity index (χ2v) is 16.2. The van der Waals surface area contributed by atoms with Gasteiger partial charge in [0.1, 0.15) is 6.61 Å². The average Bonchev–Trinajstić information content (AvgIpc) is 3.35. The Hall–Kier alpha value is -1.77. The molecule has 1 N–H and O–H groups in total. The molecule has 5 saturated carbocycles. The highest BCUT2D eigenvalue weighted by Gasteiger charge is 2.69. The topological polar surface area (TPSA) is 38.3 Å². The molecule has 0 bridgehead atoms. The lowest BCUT2D eigenvalue weighted by Gasteiger charge is -2.72. The van der Waals surface area contributed by atoms with Crippen molar-refractivity contribution in [3.63, 3.8) is 0 Å². The quantitative estimate of drug-likeness (QED) is 0.383. The van der Waals surface area contributed by atoms with Crippen molar-refractivity contribution in [2.24, 2.45) is 57.2 Å². The van der Waals surface area contributed by atoms with Gasteiger partial charge in [-0.2, -0.15) is 0 Å². The highest BCUT2D eigenvalue weighted by Crippen LogP contribution is 2.76. The number of ether oxygens (including phenoxy) is 1. The summed E-state index contributed by atoms with van der Waals surface area (Å²) in [6.45, 7) is 20.1. The highest BCUT2D eigenvalue weighted by atomic mass is 16.5. The molecule has 6 rings (SSSR count). The number of nitrogens with one attached hydrogen (secondary N) is 1. The summed E-state index contributed by atoms with van der Waals surface area (Å²) < 4.78 is 5.66. The van der Waals surface area contributed by atoms with E-state index in [0.717, 1.165) is 41.6 Å². The van der Waals surface area contributed by atoms with Crippen LogP contribution in [-0.2, 0) is 11.3 Å². The molecule has 10 atom stereocenters. The van der Waals surface area contributed by atoms with Crippen LogP contribution in [0.25, 0.3) is 0 Å². The summed E-state index contributed by atoms with van der Waals surface area (Å²) in [5.74, 6) is 4.82. The zero-order valence-electron chi connectivity index (χ0n) is 26.2. The normalized spacial score (nSPS) is 45.3. The molecule has 0 saturated heterocycles. The standard InChI is InChI=1S/C37H55NO2/c1-24(2)27-14-13-26-17-21-36(6)28(32(26)27)15-16-30-35(5)20-19-31(34(3,4)29(35)18-22-37(30,36)7)38-33(39)40-23-25-11-9-8-10-12-25/h8-12,26-32H,1,13-23H2,2-7H3,(H,38,39)/t26-,27+,28-,29+,30-,31?,32-,35+,36-,37-/m1/s1. The van der Waals surface area contributed by atoms with Gasteiger partial charge >= 0.3 is 6.09 Å². The molecule has 3 nitrogen and oxygen atoms in total. The summed E-state index contributed by atoms with van der Waals surface area (Å²) in [6, 6.07) is 10.2. The van der Waals surface area contributed by atoms with E-state index in [1.165, 1.54) is 63.4 Å². The summed E-state index contributed by atoms with van der Waals surface area (Å²) in [7, 11) is 0. The third-order valence-corrected chi connectivity index (χ3v) is 14.5. The van der Waals surface area contributed by atoms with Gasteiger partial charge in [-0.3, -0.25) is 0 Å².